The maximum Gasteiger partial charge on any atom is 0.136 e. The van der Waals surface area contributed by atoms with Crippen LogP contribution < -0.4 is 4.74 Å². The summed E-state index contributed by atoms with van der Waals surface area (Å²) in [6.45, 7) is 4.57. The Labute approximate surface area is 258 Å². The second-order valence-corrected chi connectivity index (χ2v) is 12.2. The second-order valence-electron chi connectivity index (χ2n) is 12.2. The fraction of sp³-hybridized carbons (Fsp3) is 0.122. The zero-order valence-electron chi connectivity index (χ0n) is 24.9. The highest BCUT2D eigenvalue weighted by molar-refractivity contribution is 5.93. The minimum absolute atomic E-state index is 0.167. The zero-order chi connectivity index (χ0) is 29.7. The van der Waals surface area contributed by atoms with Gasteiger partial charge in [-0.15, -0.1) is 0 Å². The zero-order valence-corrected chi connectivity index (χ0v) is 24.9. The molecular formula is C41H32N2O. The molecule has 1 unspecified atom stereocenters. The SMILES string of the molecule is CC1(C)c2ccccc2Oc2ccc(-c3ccccc3-c3ccc(-c4nc(C5C=CC=CC5)nc5ccccc45)cc3)cc21. The lowest BCUT2D eigenvalue weighted by molar-refractivity contribution is 0.418. The summed E-state index contributed by atoms with van der Waals surface area (Å²) in [6.07, 6.45) is 9.48. The van der Waals surface area contributed by atoms with Crippen LogP contribution in [-0.4, -0.2) is 9.97 Å². The predicted octanol–water partition coefficient (Wildman–Crippen LogP) is 10.7. The van der Waals surface area contributed by atoms with Gasteiger partial charge in [0.1, 0.15) is 17.3 Å². The van der Waals surface area contributed by atoms with Crippen LogP contribution in [0.1, 0.15) is 43.1 Å². The third-order valence-corrected chi connectivity index (χ3v) is 9.07. The first kappa shape index (κ1) is 26.4. The first-order valence-electron chi connectivity index (χ1n) is 15.3. The fourth-order valence-electron chi connectivity index (χ4n) is 6.66. The number of hydrogen-bond acceptors (Lipinski definition) is 3. The van der Waals surface area contributed by atoms with E-state index >= 15 is 0 Å². The summed E-state index contributed by atoms with van der Waals surface area (Å²) in [6, 6.07) is 40.8. The van der Waals surface area contributed by atoms with Crippen LogP contribution in [0.3, 0.4) is 0 Å². The number of hydrogen-bond donors (Lipinski definition) is 0. The van der Waals surface area contributed by atoms with Crippen LogP contribution >= 0.6 is 0 Å². The van der Waals surface area contributed by atoms with E-state index < -0.39 is 0 Å². The lowest BCUT2D eigenvalue weighted by Crippen LogP contribution is -2.24. The Bertz CT molecular complexity index is 2100. The molecule has 0 fully saturated rings. The third-order valence-electron chi connectivity index (χ3n) is 9.07. The van der Waals surface area contributed by atoms with E-state index in [2.05, 4.69) is 141 Å². The Morgan fingerprint density at radius 1 is 0.636 bits per heavy atom. The summed E-state index contributed by atoms with van der Waals surface area (Å²) < 4.78 is 6.33. The van der Waals surface area contributed by atoms with E-state index in [1.54, 1.807) is 0 Å². The second kappa shape index (κ2) is 10.5. The van der Waals surface area contributed by atoms with Crippen LogP contribution in [0, 0.1) is 0 Å². The summed E-state index contributed by atoms with van der Waals surface area (Å²) in [4.78, 5) is 10.1. The van der Waals surface area contributed by atoms with Crippen LogP contribution in [0.15, 0.2) is 140 Å². The van der Waals surface area contributed by atoms with Crippen molar-refractivity contribution in [1.29, 1.82) is 0 Å². The van der Waals surface area contributed by atoms with Gasteiger partial charge < -0.3 is 4.74 Å². The molecule has 0 amide bonds. The molecule has 3 nitrogen and oxygen atoms in total. The van der Waals surface area contributed by atoms with Gasteiger partial charge in [0.05, 0.1) is 11.2 Å². The molecule has 5 aromatic carbocycles. The number of benzene rings is 5. The molecule has 8 rings (SSSR count). The van der Waals surface area contributed by atoms with Gasteiger partial charge in [-0.2, -0.15) is 0 Å². The summed E-state index contributed by atoms with van der Waals surface area (Å²) in [7, 11) is 0. The maximum atomic E-state index is 6.33. The van der Waals surface area contributed by atoms with Crippen molar-refractivity contribution in [2.75, 3.05) is 0 Å². The number of nitrogens with zero attached hydrogens (tertiary/aromatic N) is 2. The molecule has 2 heterocycles. The molecule has 44 heavy (non-hydrogen) atoms. The van der Waals surface area contributed by atoms with E-state index in [4.69, 9.17) is 14.7 Å². The molecule has 0 spiro atoms. The van der Waals surface area contributed by atoms with Crippen molar-refractivity contribution in [1.82, 2.24) is 9.97 Å². The minimum Gasteiger partial charge on any atom is -0.457 e. The molecule has 212 valence electrons. The number of allylic oxidation sites excluding steroid dienone is 4. The third kappa shape index (κ3) is 4.44. The van der Waals surface area contributed by atoms with E-state index in [-0.39, 0.29) is 11.3 Å². The first-order chi connectivity index (χ1) is 21.6. The molecule has 2 aliphatic rings. The Kier molecular flexibility index (Phi) is 6.27. The van der Waals surface area contributed by atoms with Gasteiger partial charge in [0.25, 0.3) is 0 Å². The molecule has 1 atom stereocenters. The molecule has 3 heteroatoms. The highest BCUT2D eigenvalue weighted by Gasteiger charge is 2.34. The van der Waals surface area contributed by atoms with E-state index in [1.165, 1.54) is 33.4 Å². The normalized spacial score (nSPS) is 16.3. The number of para-hydroxylation sites is 2. The van der Waals surface area contributed by atoms with Crippen LogP contribution in [0.4, 0.5) is 0 Å². The van der Waals surface area contributed by atoms with Gasteiger partial charge in [-0.05, 0) is 52.9 Å². The standard InChI is InChI=1S/C41H32N2O/c1-41(2)34-17-9-11-19-37(34)44-38-25-24-30(26-35(38)41)32-15-7-6-14-31(32)27-20-22-28(23-21-27)39-33-16-8-10-18-36(33)42-40(43-39)29-12-4-3-5-13-29/h3-12,14-26,29H,13H2,1-2H3. The maximum absolute atomic E-state index is 6.33. The first-order valence-corrected chi connectivity index (χ1v) is 15.3. The van der Waals surface area contributed by atoms with E-state index in [1.807, 2.05) is 12.1 Å². The Morgan fingerprint density at radius 3 is 2.14 bits per heavy atom. The quantitative estimate of drug-likeness (QED) is 0.212. The van der Waals surface area contributed by atoms with Crippen LogP contribution in [0.25, 0.3) is 44.4 Å². The molecule has 6 aromatic rings. The van der Waals surface area contributed by atoms with E-state index in [0.717, 1.165) is 45.9 Å². The van der Waals surface area contributed by atoms with E-state index in [0.29, 0.717) is 0 Å². The van der Waals surface area contributed by atoms with Crippen LogP contribution in [-0.2, 0) is 5.41 Å². The highest BCUT2D eigenvalue weighted by Crippen LogP contribution is 2.49. The Morgan fingerprint density at radius 2 is 1.32 bits per heavy atom. The van der Waals surface area contributed by atoms with E-state index in [9.17, 15) is 0 Å². The molecular weight excluding hydrogens is 536 g/mol. The summed E-state index contributed by atoms with van der Waals surface area (Å²) >= 11 is 0. The molecule has 1 aromatic heterocycles. The molecule has 1 aliphatic heterocycles. The van der Waals surface area contributed by atoms with Gasteiger partial charge in [-0.25, -0.2) is 9.97 Å². The van der Waals surface area contributed by atoms with Crippen LogP contribution in [0.2, 0.25) is 0 Å². The predicted molar refractivity (Wildman–Crippen MR) is 180 cm³/mol. The van der Waals surface area contributed by atoms with Gasteiger partial charge in [0, 0.05) is 33.4 Å². The van der Waals surface area contributed by atoms with Gasteiger partial charge in [0.15, 0.2) is 0 Å². The van der Waals surface area contributed by atoms with Gasteiger partial charge in [-0.1, -0.05) is 129 Å². The lowest BCUT2D eigenvalue weighted by Gasteiger charge is -2.34. The summed E-state index contributed by atoms with van der Waals surface area (Å²) in [5.74, 6) is 2.93. The Hall–Kier alpha value is -5.28. The number of rotatable bonds is 4. The van der Waals surface area contributed by atoms with Gasteiger partial charge in [0.2, 0.25) is 0 Å². The van der Waals surface area contributed by atoms with Crippen molar-refractivity contribution in [2.24, 2.45) is 0 Å². The Balaban J connectivity index is 1.18. The summed E-state index contributed by atoms with van der Waals surface area (Å²) in [5, 5.41) is 1.07. The molecule has 0 N–H and O–H groups in total. The molecule has 0 radical (unpaired) electrons. The van der Waals surface area contributed by atoms with Gasteiger partial charge in [-0.3, -0.25) is 0 Å². The fourth-order valence-corrected chi connectivity index (χ4v) is 6.66. The molecule has 0 saturated heterocycles. The minimum atomic E-state index is -0.167. The van der Waals surface area contributed by atoms with Crippen molar-refractivity contribution in [2.45, 2.75) is 31.6 Å². The molecule has 0 saturated carbocycles. The molecule has 0 bridgehead atoms. The monoisotopic (exact) mass is 568 g/mol. The number of ether oxygens (including phenoxy) is 1. The van der Waals surface area contributed by atoms with Crippen molar-refractivity contribution < 1.29 is 4.74 Å². The summed E-state index contributed by atoms with van der Waals surface area (Å²) in [5.41, 5.74) is 10.0. The topological polar surface area (TPSA) is 35.0 Å². The van der Waals surface area contributed by atoms with Crippen molar-refractivity contribution >= 4 is 10.9 Å². The van der Waals surface area contributed by atoms with Crippen molar-refractivity contribution in [3.8, 4) is 45.0 Å². The van der Waals surface area contributed by atoms with Crippen LogP contribution in [0.5, 0.6) is 11.5 Å². The smallest absolute Gasteiger partial charge is 0.136 e. The number of aromatic nitrogens is 2. The lowest BCUT2D eigenvalue weighted by atomic mass is 9.75. The van der Waals surface area contributed by atoms with Crippen molar-refractivity contribution in [3.63, 3.8) is 0 Å². The average Bonchev–Trinajstić information content (AvgIpc) is 3.08. The van der Waals surface area contributed by atoms with Crippen molar-refractivity contribution in [3.05, 3.63) is 157 Å². The molecule has 1 aliphatic carbocycles. The van der Waals surface area contributed by atoms with Gasteiger partial charge >= 0.3 is 0 Å². The number of fused-ring (bicyclic) bond motifs is 3. The highest BCUT2D eigenvalue weighted by atomic mass is 16.5. The average molecular weight is 569 g/mol. The largest absolute Gasteiger partial charge is 0.457 e.